The van der Waals surface area contributed by atoms with Gasteiger partial charge in [-0.25, -0.2) is 0 Å². The highest BCUT2D eigenvalue weighted by Gasteiger charge is 2.41. The summed E-state index contributed by atoms with van der Waals surface area (Å²) in [6, 6.07) is 11.5. The van der Waals surface area contributed by atoms with Gasteiger partial charge in [0.05, 0.1) is 6.10 Å². The Morgan fingerprint density at radius 1 is 1.13 bits per heavy atom. The van der Waals surface area contributed by atoms with Crippen molar-refractivity contribution in [3.05, 3.63) is 35.9 Å². The first-order chi connectivity index (χ1) is 7.34. The maximum absolute atomic E-state index is 10.2. The molecule has 2 bridgehead atoms. The van der Waals surface area contributed by atoms with Crippen LogP contribution in [0.2, 0.25) is 0 Å². The molecule has 4 atom stereocenters. The molecule has 2 nitrogen and oxygen atoms in total. The SMILES string of the molecule is O[C@H]1C[C@H]2CC[C@H](N2)[C@@H]1c1ccccc1. The number of aliphatic hydroxyl groups excluding tert-OH is 1. The third kappa shape index (κ3) is 1.58. The molecular formula is C13H17NO. The van der Waals surface area contributed by atoms with E-state index in [0.29, 0.717) is 18.0 Å². The monoisotopic (exact) mass is 203 g/mol. The lowest BCUT2D eigenvalue weighted by Crippen LogP contribution is -2.46. The van der Waals surface area contributed by atoms with Crippen molar-refractivity contribution >= 4 is 0 Å². The Balaban J connectivity index is 1.91. The zero-order chi connectivity index (χ0) is 10.3. The number of fused-ring (bicyclic) bond motifs is 2. The summed E-state index contributed by atoms with van der Waals surface area (Å²) in [5.74, 6) is 0.296. The maximum atomic E-state index is 10.2. The van der Waals surface area contributed by atoms with Crippen LogP contribution in [0.4, 0.5) is 0 Å². The van der Waals surface area contributed by atoms with E-state index in [9.17, 15) is 5.11 Å². The van der Waals surface area contributed by atoms with Gasteiger partial charge >= 0.3 is 0 Å². The Bertz CT molecular complexity index is 338. The average molecular weight is 203 g/mol. The third-order valence-electron chi connectivity index (χ3n) is 3.83. The molecule has 0 radical (unpaired) electrons. The molecule has 2 fully saturated rings. The van der Waals surface area contributed by atoms with Crippen molar-refractivity contribution in [2.24, 2.45) is 0 Å². The van der Waals surface area contributed by atoms with Crippen molar-refractivity contribution in [2.45, 2.75) is 43.4 Å². The van der Waals surface area contributed by atoms with Crippen LogP contribution in [0.3, 0.4) is 0 Å². The molecule has 1 aromatic rings. The predicted octanol–water partition coefficient (Wildman–Crippen LogP) is 1.66. The number of benzene rings is 1. The van der Waals surface area contributed by atoms with E-state index in [1.807, 2.05) is 6.07 Å². The van der Waals surface area contributed by atoms with Crippen LogP contribution in [-0.4, -0.2) is 23.3 Å². The van der Waals surface area contributed by atoms with Crippen LogP contribution in [0, 0.1) is 0 Å². The zero-order valence-electron chi connectivity index (χ0n) is 8.76. The van der Waals surface area contributed by atoms with E-state index in [2.05, 4.69) is 29.6 Å². The van der Waals surface area contributed by atoms with Crippen molar-refractivity contribution in [1.29, 1.82) is 0 Å². The predicted molar refractivity (Wildman–Crippen MR) is 59.8 cm³/mol. The average Bonchev–Trinajstić information content (AvgIpc) is 2.62. The van der Waals surface area contributed by atoms with Gasteiger partial charge < -0.3 is 10.4 Å². The Morgan fingerprint density at radius 3 is 2.73 bits per heavy atom. The lowest BCUT2D eigenvalue weighted by atomic mass is 9.83. The van der Waals surface area contributed by atoms with E-state index in [-0.39, 0.29) is 6.10 Å². The van der Waals surface area contributed by atoms with Crippen molar-refractivity contribution in [3.8, 4) is 0 Å². The normalized spacial score (nSPS) is 39.3. The van der Waals surface area contributed by atoms with Gasteiger partial charge in [0.2, 0.25) is 0 Å². The Labute approximate surface area is 90.3 Å². The van der Waals surface area contributed by atoms with Crippen LogP contribution in [0.1, 0.15) is 30.7 Å². The Hall–Kier alpha value is -0.860. The third-order valence-corrected chi connectivity index (χ3v) is 3.83. The first kappa shape index (κ1) is 9.37. The van der Waals surface area contributed by atoms with Crippen molar-refractivity contribution in [1.82, 2.24) is 5.32 Å². The molecule has 0 aliphatic carbocycles. The number of piperidine rings is 1. The fourth-order valence-electron chi connectivity index (χ4n) is 3.16. The Kier molecular flexibility index (Phi) is 2.26. The standard InChI is InChI=1S/C13H17NO/c15-12-8-10-6-7-11(14-10)13(12)9-4-2-1-3-5-9/h1-5,10-15H,6-8H2/t10-,11+,12+,13+/m1/s1. The fraction of sp³-hybridized carbons (Fsp3) is 0.538. The highest BCUT2D eigenvalue weighted by Crippen LogP contribution is 2.37. The second-order valence-corrected chi connectivity index (χ2v) is 4.79. The largest absolute Gasteiger partial charge is 0.392 e. The molecule has 80 valence electrons. The summed E-state index contributed by atoms with van der Waals surface area (Å²) < 4.78 is 0. The molecule has 15 heavy (non-hydrogen) atoms. The minimum Gasteiger partial charge on any atom is -0.392 e. The molecule has 0 aromatic heterocycles. The lowest BCUT2D eigenvalue weighted by Gasteiger charge is -2.35. The second-order valence-electron chi connectivity index (χ2n) is 4.79. The minimum atomic E-state index is -0.161. The fourth-order valence-corrected chi connectivity index (χ4v) is 3.16. The minimum absolute atomic E-state index is 0.161. The molecule has 0 spiro atoms. The highest BCUT2D eigenvalue weighted by atomic mass is 16.3. The molecule has 2 aliphatic rings. The first-order valence-electron chi connectivity index (χ1n) is 5.83. The molecule has 2 aliphatic heterocycles. The summed E-state index contributed by atoms with van der Waals surface area (Å²) >= 11 is 0. The number of rotatable bonds is 1. The van der Waals surface area contributed by atoms with Crippen LogP contribution >= 0.6 is 0 Å². The van der Waals surface area contributed by atoms with Crippen molar-refractivity contribution < 1.29 is 5.11 Å². The van der Waals surface area contributed by atoms with E-state index < -0.39 is 0 Å². The maximum Gasteiger partial charge on any atom is 0.0638 e. The van der Waals surface area contributed by atoms with Crippen molar-refractivity contribution in [3.63, 3.8) is 0 Å². The van der Waals surface area contributed by atoms with E-state index in [0.717, 1.165) is 6.42 Å². The summed E-state index contributed by atoms with van der Waals surface area (Å²) in [7, 11) is 0. The van der Waals surface area contributed by atoms with Gasteiger partial charge in [-0.2, -0.15) is 0 Å². The summed E-state index contributed by atoms with van der Waals surface area (Å²) in [5, 5.41) is 13.8. The van der Waals surface area contributed by atoms with Crippen LogP contribution in [0.15, 0.2) is 30.3 Å². The van der Waals surface area contributed by atoms with Gasteiger partial charge in [-0.15, -0.1) is 0 Å². The van der Waals surface area contributed by atoms with Gasteiger partial charge in [0.25, 0.3) is 0 Å². The van der Waals surface area contributed by atoms with Crippen LogP contribution < -0.4 is 5.32 Å². The quantitative estimate of drug-likeness (QED) is 0.727. The summed E-state index contributed by atoms with van der Waals surface area (Å²) in [6.45, 7) is 0. The molecule has 0 saturated carbocycles. The molecule has 2 heteroatoms. The molecule has 1 aromatic carbocycles. The van der Waals surface area contributed by atoms with Crippen molar-refractivity contribution in [2.75, 3.05) is 0 Å². The second kappa shape index (κ2) is 3.62. The van der Waals surface area contributed by atoms with Crippen LogP contribution in [0.25, 0.3) is 0 Å². The number of hydrogen-bond donors (Lipinski definition) is 2. The highest BCUT2D eigenvalue weighted by molar-refractivity contribution is 5.25. The van der Waals surface area contributed by atoms with E-state index in [1.165, 1.54) is 18.4 Å². The van der Waals surface area contributed by atoms with E-state index >= 15 is 0 Å². The summed E-state index contributed by atoms with van der Waals surface area (Å²) in [5.41, 5.74) is 1.28. The Morgan fingerprint density at radius 2 is 1.93 bits per heavy atom. The summed E-state index contributed by atoms with van der Waals surface area (Å²) in [4.78, 5) is 0. The molecule has 0 unspecified atom stereocenters. The van der Waals surface area contributed by atoms with Gasteiger partial charge in [0.15, 0.2) is 0 Å². The van der Waals surface area contributed by atoms with Gasteiger partial charge in [-0.3, -0.25) is 0 Å². The number of hydrogen-bond acceptors (Lipinski definition) is 2. The van der Waals surface area contributed by atoms with Crippen LogP contribution in [0.5, 0.6) is 0 Å². The molecule has 2 heterocycles. The molecule has 2 saturated heterocycles. The molecule has 0 amide bonds. The van der Waals surface area contributed by atoms with E-state index in [4.69, 9.17) is 0 Å². The van der Waals surface area contributed by atoms with Crippen LogP contribution in [-0.2, 0) is 0 Å². The van der Waals surface area contributed by atoms with Gasteiger partial charge in [0.1, 0.15) is 0 Å². The van der Waals surface area contributed by atoms with E-state index in [1.54, 1.807) is 0 Å². The van der Waals surface area contributed by atoms with Gasteiger partial charge in [0, 0.05) is 18.0 Å². The molecular weight excluding hydrogens is 186 g/mol. The number of aliphatic hydroxyl groups is 1. The van der Waals surface area contributed by atoms with Gasteiger partial charge in [-0.1, -0.05) is 30.3 Å². The smallest absolute Gasteiger partial charge is 0.0638 e. The lowest BCUT2D eigenvalue weighted by molar-refractivity contribution is 0.0893. The molecule has 3 rings (SSSR count). The molecule has 2 N–H and O–H groups in total. The first-order valence-corrected chi connectivity index (χ1v) is 5.83. The summed E-state index contributed by atoms with van der Waals surface area (Å²) in [6.07, 6.45) is 3.19. The topological polar surface area (TPSA) is 32.3 Å². The van der Waals surface area contributed by atoms with Gasteiger partial charge in [-0.05, 0) is 24.8 Å². The zero-order valence-corrected chi connectivity index (χ0v) is 8.76. The number of nitrogens with one attached hydrogen (secondary N) is 1.